The van der Waals surface area contributed by atoms with Crippen LogP contribution >= 0.6 is 11.6 Å². The Hall–Kier alpha value is -2.26. The highest BCUT2D eigenvalue weighted by atomic mass is 35.5. The van der Waals surface area contributed by atoms with E-state index in [9.17, 15) is 0 Å². The molecule has 0 amide bonds. The number of anilines is 1. The molecule has 2 aromatic carbocycles. The van der Waals surface area contributed by atoms with Gasteiger partial charge in [-0.2, -0.15) is 0 Å². The largest absolute Gasteiger partial charge is 0.373 e. The topological polar surface area (TPSA) is 22.9 Å². The standard InChI is InChI=1S/C19H20ClN3/c1-22(14-13-20)16-10-7-15(8-11-16)9-12-19-21-17-5-3-4-6-18(17)23(19)2/h3-12H,13-14H2,1-2H3/p+1/b12-9+. The number of benzene rings is 2. The van der Waals surface area contributed by atoms with Crippen molar-refractivity contribution in [3.8, 4) is 0 Å². The van der Waals surface area contributed by atoms with Crippen molar-refractivity contribution in [1.29, 1.82) is 0 Å². The SMILES string of the molecule is CN(CCCl)c1ccc(/C=C/c2[nH]c3ccccc3[n+]2C)cc1. The Labute approximate surface area is 141 Å². The summed E-state index contributed by atoms with van der Waals surface area (Å²) in [7, 11) is 4.13. The average Bonchev–Trinajstić information content (AvgIpc) is 2.90. The Morgan fingerprint density at radius 1 is 1.09 bits per heavy atom. The summed E-state index contributed by atoms with van der Waals surface area (Å²) < 4.78 is 2.16. The number of imidazole rings is 1. The van der Waals surface area contributed by atoms with E-state index in [1.165, 1.54) is 16.8 Å². The molecule has 0 aliphatic carbocycles. The van der Waals surface area contributed by atoms with Crippen LogP contribution < -0.4 is 9.47 Å². The number of hydrogen-bond acceptors (Lipinski definition) is 1. The van der Waals surface area contributed by atoms with Crippen LogP contribution in [0, 0.1) is 0 Å². The zero-order valence-electron chi connectivity index (χ0n) is 13.5. The number of aromatic amines is 1. The normalized spacial score (nSPS) is 11.4. The Morgan fingerprint density at radius 2 is 1.83 bits per heavy atom. The van der Waals surface area contributed by atoms with Crippen LogP contribution in [-0.4, -0.2) is 24.5 Å². The van der Waals surface area contributed by atoms with E-state index in [0.717, 1.165) is 17.9 Å². The molecule has 1 aromatic heterocycles. The summed E-state index contributed by atoms with van der Waals surface area (Å²) in [4.78, 5) is 5.58. The van der Waals surface area contributed by atoms with Crippen LogP contribution in [0.2, 0.25) is 0 Å². The molecule has 4 heteroatoms. The lowest BCUT2D eigenvalue weighted by molar-refractivity contribution is -0.646. The Balaban J connectivity index is 1.80. The zero-order chi connectivity index (χ0) is 16.2. The van der Waals surface area contributed by atoms with E-state index in [2.05, 4.69) is 83.2 Å². The minimum Gasteiger partial charge on any atom is -0.373 e. The molecule has 3 nitrogen and oxygen atoms in total. The number of nitrogens with one attached hydrogen (secondary N) is 1. The molecular formula is C19H21ClN3+. The van der Waals surface area contributed by atoms with E-state index >= 15 is 0 Å². The second-order valence-corrected chi connectivity index (χ2v) is 6.00. The summed E-state index contributed by atoms with van der Waals surface area (Å²) in [6, 6.07) is 16.8. The third-order valence-electron chi connectivity index (χ3n) is 4.08. The van der Waals surface area contributed by atoms with Crippen LogP contribution in [0.25, 0.3) is 23.2 Å². The molecule has 0 spiro atoms. The molecule has 0 aliphatic heterocycles. The van der Waals surface area contributed by atoms with E-state index in [1.807, 2.05) is 6.07 Å². The molecule has 3 aromatic rings. The quantitative estimate of drug-likeness (QED) is 0.559. The van der Waals surface area contributed by atoms with E-state index in [-0.39, 0.29) is 0 Å². The predicted molar refractivity (Wildman–Crippen MR) is 98.8 cm³/mol. The summed E-state index contributed by atoms with van der Waals surface area (Å²) in [5, 5.41) is 0. The number of nitrogens with zero attached hydrogens (tertiary/aromatic N) is 2. The monoisotopic (exact) mass is 326 g/mol. The minimum absolute atomic E-state index is 0.634. The molecular weight excluding hydrogens is 306 g/mol. The molecule has 118 valence electrons. The number of halogens is 1. The summed E-state index contributed by atoms with van der Waals surface area (Å²) in [5.41, 5.74) is 4.70. The fraction of sp³-hybridized carbons (Fsp3) is 0.211. The number of para-hydroxylation sites is 2. The van der Waals surface area contributed by atoms with Gasteiger partial charge in [-0.3, -0.25) is 0 Å². The van der Waals surface area contributed by atoms with E-state index in [4.69, 9.17) is 11.6 Å². The van der Waals surface area contributed by atoms with Gasteiger partial charge in [0.1, 0.15) is 0 Å². The van der Waals surface area contributed by atoms with Crippen molar-refractivity contribution in [2.24, 2.45) is 7.05 Å². The van der Waals surface area contributed by atoms with Crippen molar-refractivity contribution < 1.29 is 4.57 Å². The van der Waals surface area contributed by atoms with Gasteiger partial charge in [0.05, 0.1) is 7.05 Å². The first-order valence-corrected chi connectivity index (χ1v) is 8.24. The Kier molecular flexibility index (Phi) is 4.68. The van der Waals surface area contributed by atoms with Crippen molar-refractivity contribution in [3.05, 3.63) is 59.9 Å². The molecule has 0 fully saturated rings. The van der Waals surface area contributed by atoms with Gasteiger partial charge in [-0.15, -0.1) is 11.6 Å². The summed E-state index contributed by atoms with van der Waals surface area (Å²) in [5.74, 6) is 1.71. The fourth-order valence-electron chi connectivity index (χ4n) is 2.65. The summed E-state index contributed by atoms with van der Waals surface area (Å²) >= 11 is 5.78. The molecule has 0 radical (unpaired) electrons. The smallest absolute Gasteiger partial charge is 0.279 e. The molecule has 0 saturated heterocycles. The van der Waals surface area contributed by atoms with Gasteiger partial charge in [-0.05, 0) is 35.9 Å². The van der Waals surface area contributed by atoms with Gasteiger partial charge in [0.25, 0.3) is 5.82 Å². The number of hydrogen-bond donors (Lipinski definition) is 1. The minimum atomic E-state index is 0.634. The highest BCUT2D eigenvalue weighted by Crippen LogP contribution is 2.16. The maximum atomic E-state index is 5.78. The molecule has 3 rings (SSSR count). The van der Waals surface area contributed by atoms with Crippen LogP contribution in [0.1, 0.15) is 11.4 Å². The van der Waals surface area contributed by atoms with Crippen molar-refractivity contribution in [3.63, 3.8) is 0 Å². The molecule has 0 atom stereocenters. The molecule has 0 aliphatic rings. The highest BCUT2D eigenvalue weighted by molar-refractivity contribution is 6.18. The number of alkyl halides is 1. The van der Waals surface area contributed by atoms with Gasteiger partial charge >= 0.3 is 0 Å². The summed E-state index contributed by atoms with van der Waals surface area (Å²) in [6.45, 7) is 0.849. The average molecular weight is 327 g/mol. The van der Waals surface area contributed by atoms with Crippen LogP contribution in [-0.2, 0) is 7.05 Å². The molecule has 0 bridgehead atoms. The second-order valence-electron chi connectivity index (χ2n) is 5.62. The predicted octanol–water partition coefficient (Wildman–Crippen LogP) is 3.84. The molecule has 1 heterocycles. The first-order chi connectivity index (χ1) is 11.2. The third-order valence-corrected chi connectivity index (χ3v) is 4.25. The van der Waals surface area contributed by atoms with E-state index in [0.29, 0.717) is 5.88 Å². The van der Waals surface area contributed by atoms with Gasteiger partial charge in [0, 0.05) is 31.2 Å². The van der Waals surface area contributed by atoms with Gasteiger partial charge in [-0.1, -0.05) is 24.3 Å². The van der Waals surface area contributed by atoms with Crippen LogP contribution in [0.3, 0.4) is 0 Å². The fourth-order valence-corrected chi connectivity index (χ4v) is 2.90. The van der Waals surface area contributed by atoms with Crippen LogP contribution in [0.5, 0.6) is 0 Å². The maximum absolute atomic E-state index is 5.78. The van der Waals surface area contributed by atoms with Crippen molar-refractivity contribution in [1.82, 2.24) is 4.98 Å². The number of fused-ring (bicyclic) bond motifs is 1. The van der Waals surface area contributed by atoms with E-state index in [1.54, 1.807) is 0 Å². The second kappa shape index (κ2) is 6.88. The summed E-state index contributed by atoms with van der Waals surface area (Å²) in [6.07, 6.45) is 4.23. The van der Waals surface area contributed by atoms with Gasteiger partial charge in [0.2, 0.25) is 0 Å². The van der Waals surface area contributed by atoms with Crippen molar-refractivity contribution >= 4 is 40.5 Å². The van der Waals surface area contributed by atoms with E-state index < -0.39 is 0 Å². The number of aromatic nitrogens is 2. The lowest BCUT2D eigenvalue weighted by atomic mass is 10.2. The van der Waals surface area contributed by atoms with Gasteiger partial charge in [-0.25, -0.2) is 9.55 Å². The maximum Gasteiger partial charge on any atom is 0.279 e. The van der Waals surface area contributed by atoms with Crippen molar-refractivity contribution in [2.75, 3.05) is 24.4 Å². The highest BCUT2D eigenvalue weighted by Gasteiger charge is 2.11. The van der Waals surface area contributed by atoms with Gasteiger partial charge < -0.3 is 4.90 Å². The number of H-pyrrole nitrogens is 1. The molecule has 23 heavy (non-hydrogen) atoms. The van der Waals surface area contributed by atoms with Crippen LogP contribution in [0.15, 0.2) is 48.5 Å². The lowest BCUT2D eigenvalue weighted by Crippen LogP contribution is -2.29. The van der Waals surface area contributed by atoms with Crippen LogP contribution in [0.4, 0.5) is 5.69 Å². The zero-order valence-corrected chi connectivity index (χ0v) is 14.2. The number of aryl methyl sites for hydroxylation is 1. The van der Waals surface area contributed by atoms with Crippen molar-refractivity contribution in [2.45, 2.75) is 0 Å². The molecule has 0 unspecified atom stereocenters. The lowest BCUT2D eigenvalue weighted by Gasteiger charge is -2.17. The Morgan fingerprint density at radius 3 is 2.52 bits per heavy atom. The first kappa shape index (κ1) is 15.6. The Bertz CT molecular complexity index is 818. The molecule has 1 N–H and O–H groups in total. The first-order valence-electron chi connectivity index (χ1n) is 7.71. The third kappa shape index (κ3) is 3.40. The van der Waals surface area contributed by atoms with Gasteiger partial charge in [0.15, 0.2) is 11.0 Å². The molecule has 0 saturated carbocycles. The number of rotatable bonds is 5.